The van der Waals surface area contributed by atoms with Crippen molar-refractivity contribution in [1.82, 2.24) is 5.43 Å². The molecule has 0 aliphatic carbocycles. The van der Waals surface area contributed by atoms with Crippen molar-refractivity contribution >= 4 is 55.6 Å². The molecule has 2 aromatic rings. The molecule has 0 radical (unpaired) electrons. The van der Waals surface area contributed by atoms with Crippen LogP contribution in [0.4, 0.5) is 0 Å². The minimum Gasteiger partial charge on any atom is -0.494 e. The van der Waals surface area contributed by atoms with Crippen LogP contribution in [0.1, 0.15) is 15.9 Å². The smallest absolute Gasteiger partial charge is 0.271 e. The largest absolute Gasteiger partial charge is 0.494 e. The second-order valence-electron chi connectivity index (χ2n) is 4.22. The van der Waals surface area contributed by atoms with Gasteiger partial charge in [-0.15, -0.1) is 0 Å². The Bertz CT molecular complexity index is 695. The second kappa shape index (κ2) is 7.76. The Morgan fingerprint density at radius 3 is 2.36 bits per heavy atom. The van der Waals surface area contributed by atoms with Crippen LogP contribution in [0.2, 0.25) is 5.02 Å². The fraction of sp³-hybridized carbons (Fsp3) is 0.0667. The first-order valence-electron chi connectivity index (χ1n) is 6.13. The monoisotopic (exact) mass is 444 g/mol. The molecule has 0 saturated heterocycles. The number of hydrogen-bond donors (Lipinski definition) is 1. The summed E-state index contributed by atoms with van der Waals surface area (Å²) in [5.74, 6) is 0.391. The summed E-state index contributed by atoms with van der Waals surface area (Å²) in [5.41, 5.74) is 3.75. The maximum Gasteiger partial charge on any atom is 0.271 e. The van der Waals surface area contributed by atoms with Crippen molar-refractivity contribution < 1.29 is 9.53 Å². The molecule has 7 heteroatoms. The number of nitrogens with one attached hydrogen (secondary N) is 1. The average molecular weight is 447 g/mol. The lowest BCUT2D eigenvalue weighted by molar-refractivity contribution is 0.0955. The van der Waals surface area contributed by atoms with Gasteiger partial charge in [0, 0.05) is 10.6 Å². The number of methoxy groups -OCH3 is 1. The summed E-state index contributed by atoms with van der Waals surface area (Å²) in [6, 6.07) is 10.2. The summed E-state index contributed by atoms with van der Waals surface area (Å²) in [4.78, 5) is 11.9. The van der Waals surface area contributed by atoms with Crippen LogP contribution in [0.25, 0.3) is 0 Å². The zero-order valence-electron chi connectivity index (χ0n) is 11.4. The maximum absolute atomic E-state index is 11.9. The minimum absolute atomic E-state index is 0.306. The number of rotatable bonds is 4. The van der Waals surface area contributed by atoms with Gasteiger partial charge in [-0.3, -0.25) is 4.79 Å². The molecule has 0 heterocycles. The molecule has 4 nitrogen and oxygen atoms in total. The lowest BCUT2D eigenvalue weighted by Gasteiger charge is -2.06. The number of nitrogens with zero attached hydrogens (tertiary/aromatic N) is 1. The van der Waals surface area contributed by atoms with Crippen LogP contribution in [-0.2, 0) is 0 Å². The Morgan fingerprint density at radius 1 is 1.23 bits per heavy atom. The van der Waals surface area contributed by atoms with Gasteiger partial charge in [-0.05, 0) is 73.8 Å². The zero-order chi connectivity index (χ0) is 16.1. The topological polar surface area (TPSA) is 50.7 Å². The van der Waals surface area contributed by atoms with Crippen LogP contribution in [0.15, 0.2) is 50.4 Å². The van der Waals surface area contributed by atoms with Crippen LogP contribution in [-0.4, -0.2) is 19.2 Å². The fourth-order valence-corrected chi connectivity index (χ4v) is 3.35. The lowest BCUT2D eigenvalue weighted by Crippen LogP contribution is -2.17. The van der Waals surface area contributed by atoms with E-state index in [2.05, 4.69) is 42.4 Å². The van der Waals surface area contributed by atoms with Gasteiger partial charge in [0.2, 0.25) is 0 Å². The number of halogens is 3. The first-order chi connectivity index (χ1) is 10.5. The molecule has 114 valence electrons. The summed E-state index contributed by atoms with van der Waals surface area (Å²) >= 11 is 12.6. The van der Waals surface area contributed by atoms with Crippen molar-refractivity contribution in [3.63, 3.8) is 0 Å². The summed E-state index contributed by atoms with van der Waals surface area (Å²) in [7, 11) is 1.59. The van der Waals surface area contributed by atoms with E-state index in [0.717, 1.165) is 14.5 Å². The normalized spacial score (nSPS) is 10.7. The molecule has 0 saturated carbocycles. The van der Waals surface area contributed by atoms with E-state index in [4.69, 9.17) is 16.3 Å². The molecule has 2 rings (SSSR count). The Morgan fingerprint density at radius 2 is 1.82 bits per heavy atom. The first-order valence-corrected chi connectivity index (χ1v) is 8.09. The van der Waals surface area contributed by atoms with Gasteiger partial charge in [-0.2, -0.15) is 5.10 Å². The standard InChI is InChI=1S/C15H11Br2ClN2O2/c1-22-14-12(16)6-9(7-13(14)17)8-19-20-15(21)10-2-4-11(18)5-3-10/h2-8H,1H3,(H,20,21)/b19-8-. The number of benzene rings is 2. The number of carbonyl (C=O) groups excluding carboxylic acids is 1. The molecule has 0 aliphatic rings. The van der Waals surface area contributed by atoms with Crippen LogP contribution in [0.3, 0.4) is 0 Å². The van der Waals surface area contributed by atoms with E-state index in [-0.39, 0.29) is 5.91 Å². The van der Waals surface area contributed by atoms with Crippen molar-refractivity contribution in [2.45, 2.75) is 0 Å². The molecule has 0 aliphatic heterocycles. The Labute approximate surface area is 149 Å². The quantitative estimate of drug-likeness (QED) is 0.550. The molecule has 0 fully saturated rings. The van der Waals surface area contributed by atoms with Gasteiger partial charge >= 0.3 is 0 Å². The summed E-state index contributed by atoms with van der Waals surface area (Å²) < 4.78 is 6.80. The lowest BCUT2D eigenvalue weighted by atomic mass is 10.2. The van der Waals surface area contributed by atoms with E-state index in [9.17, 15) is 4.79 Å². The van der Waals surface area contributed by atoms with Crippen molar-refractivity contribution in [3.8, 4) is 5.75 Å². The molecule has 1 N–H and O–H groups in total. The summed E-state index contributed by atoms with van der Waals surface area (Å²) in [5, 5.41) is 4.51. The van der Waals surface area contributed by atoms with Gasteiger partial charge in [0.25, 0.3) is 5.91 Å². The van der Waals surface area contributed by atoms with E-state index in [1.807, 2.05) is 12.1 Å². The van der Waals surface area contributed by atoms with E-state index in [1.54, 1.807) is 37.6 Å². The number of carbonyl (C=O) groups is 1. The van der Waals surface area contributed by atoms with Gasteiger partial charge in [0.15, 0.2) is 0 Å². The molecular weight excluding hydrogens is 435 g/mol. The fourth-order valence-electron chi connectivity index (χ4n) is 1.68. The molecule has 2 aromatic carbocycles. The van der Waals surface area contributed by atoms with Gasteiger partial charge in [-0.25, -0.2) is 5.43 Å². The highest BCUT2D eigenvalue weighted by atomic mass is 79.9. The molecule has 0 spiro atoms. The van der Waals surface area contributed by atoms with Crippen LogP contribution >= 0.6 is 43.5 Å². The van der Waals surface area contributed by atoms with Crippen molar-refractivity contribution in [2.75, 3.05) is 7.11 Å². The predicted octanol–water partition coefficient (Wildman–Crippen LogP) is 4.64. The zero-order valence-corrected chi connectivity index (χ0v) is 15.4. The molecule has 0 bridgehead atoms. The third-order valence-electron chi connectivity index (χ3n) is 2.71. The number of hydrazone groups is 1. The number of amides is 1. The van der Waals surface area contributed by atoms with Crippen molar-refractivity contribution in [2.24, 2.45) is 5.10 Å². The second-order valence-corrected chi connectivity index (χ2v) is 6.37. The van der Waals surface area contributed by atoms with E-state index >= 15 is 0 Å². The molecule has 22 heavy (non-hydrogen) atoms. The maximum atomic E-state index is 11.9. The number of hydrogen-bond acceptors (Lipinski definition) is 3. The Hall–Kier alpha value is -1.37. The predicted molar refractivity (Wildman–Crippen MR) is 94.9 cm³/mol. The third kappa shape index (κ3) is 4.32. The first kappa shape index (κ1) is 17.0. The molecule has 0 atom stereocenters. The minimum atomic E-state index is -0.306. The van der Waals surface area contributed by atoms with Gasteiger partial charge in [0.1, 0.15) is 5.75 Å². The van der Waals surface area contributed by atoms with Gasteiger partial charge < -0.3 is 4.74 Å². The highest BCUT2D eigenvalue weighted by Crippen LogP contribution is 2.33. The molecular formula is C15H11Br2ClN2O2. The molecule has 1 amide bonds. The molecule has 0 unspecified atom stereocenters. The third-order valence-corrected chi connectivity index (χ3v) is 4.14. The van der Waals surface area contributed by atoms with Crippen LogP contribution < -0.4 is 10.2 Å². The van der Waals surface area contributed by atoms with E-state index < -0.39 is 0 Å². The van der Waals surface area contributed by atoms with Crippen LogP contribution in [0.5, 0.6) is 5.75 Å². The highest BCUT2D eigenvalue weighted by molar-refractivity contribution is 9.11. The van der Waals surface area contributed by atoms with Crippen LogP contribution in [0, 0.1) is 0 Å². The van der Waals surface area contributed by atoms with Gasteiger partial charge in [-0.1, -0.05) is 11.6 Å². The summed E-state index contributed by atoms with van der Waals surface area (Å²) in [6.45, 7) is 0. The Balaban J connectivity index is 2.06. The number of ether oxygens (including phenoxy) is 1. The van der Waals surface area contributed by atoms with Crippen molar-refractivity contribution in [3.05, 3.63) is 61.5 Å². The highest BCUT2D eigenvalue weighted by Gasteiger charge is 2.07. The van der Waals surface area contributed by atoms with Crippen molar-refractivity contribution in [1.29, 1.82) is 0 Å². The SMILES string of the molecule is COc1c(Br)cc(/C=N\NC(=O)c2ccc(Cl)cc2)cc1Br. The molecule has 0 aromatic heterocycles. The Kier molecular flexibility index (Phi) is 5.99. The van der Waals surface area contributed by atoms with E-state index in [0.29, 0.717) is 16.3 Å². The summed E-state index contributed by atoms with van der Waals surface area (Å²) in [6.07, 6.45) is 1.54. The van der Waals surface area contributed by atoms with Gasteiger partial charge in [0.05, 0.1) is 22.3 Å². The average Bonchev–Trinajstić information content (AvgIpc) is 2.47. The van der Waals surface area contributed by atoms with E-state index in [1.165, 1.54) is 0 Å².